The molecule has 2 aromatic carbocycles. The van der Waals surface area contributed by atoms with Crippen LogP contribution in [0.3, 0.4) is 0 Å². The molecule has 3 aromatic rings. The Bertz CT molecular complexity index is 1140. The first kappa shape index (κ1) is 18.7. The maximum absolute atomic E-state index is 13.0. The van der Waals surface area contributed by atoms with Gasteiger partial charge in [0.15, 0.2) is 6.17 Å². The normalized spacial score (nSPS) is 15.9. The summed E-state index contributed by atoms with van der Waals surface area (Å²) in [5, 5.41) is 5.86. The molecule has 29 heavy (non-hydrogen) atoms. The Labute approximate surface area is 163 Å². The number of hydrogen-bond acceptors (Lipinski definition) is 4. The average Bonchev–Trinajstić information content (AvgIpc) is 2.67. The summed E-state index contributed by atoms with van der Waals surface area (Å²) in [6.45, 7) is 1.70. The van der Waals surface area contributed by atoms with Crippen LogP contribution in [0.25, 0.3) is 0 Å². The third-order valence-electron chi connectivity index (χ3n) is 4.43. The molecular formula is C20H17F3N5O+. The van der Waals surface area contributed by atoms with Gasteiger partial charge in [0.25, 0.3) is 11.5 Å². The fourth-order valence-corrected chi connectivity index (χ4v) is 3.15. The number of benzene rings is 2. The SMILES string of the molecule is Cc1cc(=O)n2c(n1)NC(Nc1cccc(C(F)(F)F)c1)=[NH+]C2c1ccccc1. The number of guanidine groups is 1. The lowest BCUT2D eigenvalue weighted by atomic mass is 10.1. The highest BCUT2D eigenvalue weighted by Gasteiger charge is 2.32. The number of nitrogens with zero attached hydrogens (tertiary/aromatic N) is 2. The first-order valence-corrected chi connectivity index (χ1v) is 8.81. The molecule has 6 nitrogen and oxygen atoms in total. The molecule has 0 amide bonds. The van der Waals surface area contributed by atoms with Gasteiger partial charge in [-0.05, 0) is 25.1 Å². The summed E-state index contributed by atoms with van der Waals surface area (Å²) in [7, 11) is 0. The molecule has 4 rings (SSSR count). The van der Waals surface area contributed by atoms with E-state index in [4.69, 9.17) is 0 Å². The monoisotopic (exact) mass is 400 g/mol. The van der Waals surface area contributed by atoms with Crippen LogP contribution in [0.5, 0.6) is 0 Å². The van der Waals surface area contributed by atoms with Crippen molar-refractivity contribution in [1.29, 1.82) is 0 Å². The van der Waals surface area contributed by atoms with Crippen molar-refractivity contribution in [3.05, 3.63) is 87.8 Å². The molecule has 1 atom stereocenters. The molecule has 0 radical (unpaired) electrons. The molecule has 0 spiro atoms. The van der Waals surface area contributed by atoms with Gasteiger partial charge in [-0.2, -0.15) is 13.2 Å². The largest absolute Gasteiger partial charge is 0.416 e. The van der Waals surface area contributed by atoms with E-state index in [1.165, 1.54) is 22.8 Å². The molecule has 2 heterocycles. The van der Waals surface area contributed by atoms with E-state index < -0.39 is 17.9 Å². The van der Waals surface area contributed by atoms with Gasteiger partial charge in [0.1, 0.15) is 0 Å². The van der Waals surface area contributed by atoms with Crippen LogP contribution < -0.4 is 21.2 Å². The lowest BCUT2D eigenvalue weighted by Gasteiger charge is -2.23. The van der Waals surface area contributed by atoms with Crippen molar-refractivity contribution >= 4 is 17.6 Å². The van der Waals surface area contributed by atoms with Crippen LogP contribution in [-0.2, 0) is 6.18 Å². The number of fused-ring (bicyclic) bond motifs is 1. The van der Waals surface area contributed by atoms with Crippen molar-refractivity contribution in [2.45, 2.75) is 19.3 Å². The number of aryl methyl sites for hydroxylation is 1. The van der Waals surface area contributed by atoms with Crippen molar-refractivity contribution < 1.29 is 18.2 Å². The van der Waals surface area contributed by atoms with E-state index in [0.29, 0.717) is 11.7 Å². The van der Waals surface area contributed by atoms with E-state index in [0.717, 1.165) is 17.7 Å². The smallest absolute Gasteiger partial charge is 0.269 e. The maximum Gasteiger partial charge on any atom is 0.416 e. The van der Waals surface area contributed by atoms with Gasteiger partial charge in [0.05, 0.1) is 11.3 Å². The lowest BCUT2D eigenvalue weighted by Crippen LogP contribution is -2.82. The van der Waals surface area contributed by atoms with Crippen molar-refractivity contribution in [2.24, 2.45) is 0 Å². The Hall–Kier alpha value is -3.62. The van der Waals surface area contributed by atoms with Gasteiger partial charge >= 0.3 is 12.1 Å². The Morgan fingerprint density at radius 3 is 2.59 bits per heavy atom. The number of hydrogen-bond donors (Lipinski definition) is 3. The Morgan fingerprint density at radius 2 is 1.86 bits per heavy atom. The number of rotatable bonds is 2. The van der Waals surface area contributed by atoms with Crippen LogP contribution in [0.1, 0.15) is 23.0 Å². The minimum absolute atomic E-state index is 0.241. The highest BCUT2D eigenvalue weighted by molar-refractivity contribution is 5.99. The minimum atomic E-state index is -4.44. The predicted octanol–water partition coefficient (Wildman–Crippen LogP) is 2.09. The van der Waals surface area contributed by atoms with E-state index >= 15 is 0 Å². The second-order valence-corrected chi connectivity index (χ2v) is 6.59. The number of halogens is 3. The van der Waals surface area contributed by atoms with Crippen molar-refractivity contribution in [1.82, 2.24) is 9.55 Å². The third-order valence-corrected chi connectivity index (χ3v) is 4.43. The summed E-state index contributed by atoms with van der Waals surface area (Å²) in [5.74, 6) is 0.604. The van der Waals surface area contributed by atoms with E-state index in [2.05, 4.69) is 20.6 Å². The Balaban J connectivity index is 1.75. The molecule has 9 heteroatoms. The second-order valence-electron chi connectivity index (χ2n) is 6.59. The summed E-state index contributed by atoms with van der Waals surface area (Å²) in [6.07, 6.45) is -5.03. The molecule has 148 valence electrons. The summed E-state index contributed by atoms with van der Waals surface area (Å²) in [4.78, 5) is 20.1. The number of nitrogens with one attached hydrogen (secondary N) is 3. The first-order valence-electron chi connectivity index (χ1n) is 8.81. The molecular weight excluding hydrogens is 383 g/mol. The van der Waals surface area contributed by atoms with Crippen LogP contribution in [-0.4, -0.2) is 15.5 Å². The fraction of sp³-hybridized carbons (Fsp3) is 0.150. The summed E-state index contributed by atoms with van der Waals surface area (Å²) in [5.41, 5.74) is 0.556. The summed E-state index contributed by atoms with van der Waals surface area (Å²) < 4.78 is 40.5. The van der Waals surface area contributed by atoms with Crippen molar-refractivity contribution in [3.63, 3.8) is 0 Å². The average molecular weight is 400 g/mol. The molecule has 1 aromatic heterocycles. The van der Waals surface area contributed by atoms with Gasteiger partial charge in [0, 0.05) is 17.3 Å². The van der Waals surface area contributed by atoms with Gasteiger partial charge in [-0.25, -0.2) is 20.2 Å². The summed E-state index contributed by atoms with van der Waals surface area (Å²) >= 11 is 0. The van der Waals surface area contributed by atoms with E-state index in [9.17, 15) is 18.0 Å². The molecule has 0 bridgehead atoms. The number of anilines is 2. The molecule has 0 aliphatic carbocycles. The molecule has 1 aliphatic rings. The predicted molar refractivity (Wildman–Crippen MR) is 102 cm³/mol. The molecule has 1 unspecified atom stereocenters. The van der Waals surface area contributed by atoms with Gasteiger partial charge in [-0.15, -0.1) is 0 Å². The van der Waals surface area contributed by atoms with Crippen LogP contribution in [0.15, 0.2) is 65.5 Å². The standard InChI is InChI=1S/C20H16F3N5O/c1-12-10-16(29)28-17(13-6-3-2-4-7-13)26-18(27-19(28)24-12)25-15-9-5-8-14(11-15)20(21,22)23/h2-11,17H,1H3,(H2,24,25,26,27)/p+1. The summed E-state index contributed by atoms with van der Waals surface area (Å²) in [6, 6.07) is 15.5. The fourth-order valence-electron chi connectivity index (χ4n) is 3.15. The highest BCUT2D eigenvalue weighted by atomic mass is 19.4. The first-order chi connectivity index (χ1) is 13.8. The van der Waals surface area contributed by atoms with Crippen molar-refractivity contribution in [3.8, 4) is 0 Å². The quantitative estimate of drug-likeness (QED) is 0.616. The zero-order valence-corrected chi connectivity index (χ0v) is 15.3. The number of alkyl halides is 3. The van der Waals surface area contributed by atoms with Gasteiger partial charge < -0.3 is 0 Å². The lowest BCUT2D eigenvalue weighted by molar-refractivity contribution is -0.520. The third kappa shape index (κ3) is 3.84. The minimum Gasteiger partial charge on any atom is -0.269 e. The zero-order valence-electron chi connectivity index (χ0n) is 15.3. The molecule has 0 saturated heterocycles. The molecule has 0 saturated carbocycles. The Kier molecular flexibility index (Phi) is 4.57. The van der Waals surface area contributed by atoms with Gasteiger partial charge in [0.2, 0.25) is 0 Å². The molecule has 3 N–H and O–H groups in total. The topological polar surface area (TPSA) is 72.9 Å². The van der Waals surface area contributed by atoms with E-state index in [1.54, 1.807) is 6.92 Å². The van der Waals surface area contributed by atoms with Crippen molar-refractivity contribution in [2.75, 3.05) is 10.6 Å². The molecule has 1 aliphatic heterocycles. The van der Waals surface area contributed by atoms with Crippen LogP contribution >= 0.6 is 0 Å². The van der Waals surface area contributed by atoms with Crippen LogP contribution in [0.4, 0.5) is 24.8 Å². The number of aromatic nitrogens is 2. The Morgan fingerprint density at radius 1 is 1.10 bits per heavy atom. The van der Waals surface area contributed by atoms with E-state index in [1.807, 2.05) is 30.3 Å². The second kappa shape index (κ2) is 7.08. The van der Waals surface area contributed by atoms with Gasteiger partial charge in [-0.1, -0.05) is 36.4 Å². The molecule has 0 fully saturated rings. The van der Waals surface area contributed by atoms with Crippen LogP contribution in [0, 0.1) is 6.92 Å². The van der Waals surface area contributed by atoms with Crippen LogP contribution in [0.2, 0.25) is 0 Å². The van der Waals surface area contributed by atoms with Gasteiger partial charge in [-0.3, -0.25) is 9.79 Å². The van der Waals surface area contributed by atoms with E-state index in [-0.39, 0.29) is 17.2 Å². The zero-order chi connectivity index (χ0) is 20.6. The highest BCUT2D eigenvalue weighted by Crippen LogP contribution is 2.30. The maximum atomic E-state index is 13.0.